The highest BCUT2D eigenvalue weighted by molar-refractivity contribution is 5.63. The van der Waals surface area contributed by atoms with E-state index in [0.29, 0.717) is 0 Å². The summed E-state index contributed by atoms with van der Waals surface area (Å²) < 4.78 is 0. The summed E-state index contributed by atoms with van der Waals surface area (Å²) in [4.78, 5) is 4.55. The van der Waals surface area contributed by atoms with Gasteiger partial charge in [-0.1, -0.05) is 66.7 Å². The van der Waals surface area contributed by atoms with E-state index >= 15 is 0 Å². The molecule has 0 fully saturated rings. The quantitative estimate of drug-likeness (QED) is 0.669. The second-order valence-electron chi connectivity index (χ2n) is 4.54. The van der Waals surface area contributed by atoms with Gasteiger partial charge in [-0.2, -0.15) is 0 Å². The standard InChI is InChI=1S/C18H15N/c1-3-8-15(9-4-1)14-17-12-7-13-19-18(17)16-10-5-2-6-11-16/h1-13H,14H2. The molecule has 3 rings (SSSR count). The molecule has 3 aromatic rings. The van der Waals surface area contributed by atoms with Crippen LogP contribution in [0.3, 0.4) is 0 Å². The highest BCUT2D eigenvalue weighted by Crippen LogP contribution is 2.22. The lowest BCUT2D eigenvalue weighted by Gasteiger charge is -2.08. The average molecular weight is 245 g/mol. The maximum absolute atomic E-state index is 4.55. The molecule has 1 nitrogen and oxygen atoms in total. The van der Waals surface area contributed by atoms with Crippen LogP contribution in [0.2, 0.25) is 0 Å². The number of hydrogen-bond donors (Lipinski definition) is 0. The van der Waals surface area contributed by atoms with Crippen molar-refractivity contribution in [3.63, 3.8) is 0 Å². The van der Waals surface area contributed by atoms with Gasteiger partial charge in [0.25, 0.3) is 0 Å². The first-order valence-electron chi connectivity index (χ1n) is 6.47. The van der Waals surface area contributed by atoms with Crippen molar-refractivity contribution in [1.29, 1.82) is 0 Å². The third-order valence-electron chi connectivity index (χ3n) is 3.18. The molecule has 1 heteroatoms. The third-order valence-corrected chi connectivity index (χ3v) is 3.18. The van der Waals surface area contributed by atoms with Gasteiger partial charge in [0.2, 0.25) is 0 Å². The number of nitrogens with zero attached hydrogens (tertiary/aromatic N) is 1. The van der Waals surface area contributed by atoms with E-state index in [2.05, 4.69) is 59.6 Å². The number of hydrogen-bond acceptors (Lipinski definition) is 1. The van der Waals surface area contributed by atoms with Crippen molar-refractivity contribution in [3.8, 4) is 11.3 Å². The molecule has 0 N–H and O–H groups in total. The van der Waals surface area contributed by atoms with Crippen LogP contribution in [-0.2, 0) is 6.42 Å². The molecule has 0 atom stereocenters. The Bertz CT molecular complexity index is 645. The highest BCUT2D eigenvalue weighted by Gasteiger charge is 2.06. The molecule has 19 heavy (non-hydrogen) atoms. The van der Waals surface area contributed by atoms with Gasteiger partial charge in [-0.25, -0.2) is 0 Å². The molecule has 1 aromatic heterocycles. The van der Waals surface area contributed by atoms with Crippen molar-refractivity contribution >= 4 is 0 Å². The second kappa shape index (κ2) is 5.49. The lowest BCUT2D eigenvalue weighted by atomic mass is 10.00. The largest absolute Gasteiger partial charge is 0.256 e. The minimum atomic E-state index is 0.916. The molecule has 0 aliphatic rings. The van der Waals surface area contributed by atoms with E-state index in [0.717, 1.165) is 12.1 Å². The minimum Gasteiger partial charge on any atom is -0.256 e. The van der Waals surface area contributed by atoms with Gasteiger partial charge in [0, 0.05) is 11.8 Å². The predicted octanol–water partition coefficient (Wildman–Crippen LogP) is 4.34. The van der Waals surface area contributed by atoms with Crippen LogP contribution >= 0.6 is 0 Å². The molecule has 0 radical (unpaired) electrons. The Morgan fingerprint density at radius 1 is 0.684 bits per heavy atom. The second-order valence-corrected chi connectivity index (χ2v) is 4.54. The SMILES string of the molecule is c1ccc(Cc2cccnc2-c2ccccc2)cc1. The highest BCUT2D eigenvalue weighted by atomic mass is 14.7. The maximum atomic E-state index is 4.55. The van der Waals surface area contributed by atoms with E-state index < -0.39 is 0 Å². The van der Waals surface area contributed by atoms with Crippen LogP contribution in [0.5, 0.6) is 0 Å². The van der Waals surface area contributed by atoms with Gasteiger partial charge < -0.3 is 0 Å². The molecule has 1 heterocycles. The fraction of sp³-hybridized carbons (Fsp3) is 0.0556. The van der Waals surface area contributed by atoms with Crippen molar-refractivity contribution in [1.82, 2.24) is 4.98 Å². The first kappa shape index (κ1) is 11.7. The van der Waals surface area contributed by atoms with Gasteiger partial charge in [0.05, 0.1) is 5.69 Å². The maximum Gasteiger partial charge on any atom is 0.0737 e. The summed E-state index contributed by atoms with van der Waals surface area (Å²) >= 11 is 0. The summed E-state index contributed by atoms with van der Waals surface area (Å²) in [5.41, 5.74) is 4.83. The van der Waals surface area contributed by atoms with E-state index in [1.54, 1.807) is 0 Å². The van der Waals surface area contributed by atoms with Crippen molar-refractivity contribution in [2.75, 3.05) is 0 Å². The monoisotopic (exact) mass is 245 g/mol. The van der Waals surface area contributed by atoms with Gasteiger partial charge in [0.15, 0.2) is 0 Å². The summed E-state index contributed by atoms with van der Waals surface area (Å²) in [7, 11) is 0. The molecule has 0 aliphatic heterocycles. The van der Waals surface area contributed by atoms with Gasteiger partial charge in [0.1, 0.15) is 0 Å². The first-order chi connectivity index (χ1) is 9.43. The minimum absolute atomic E-state index is 0.916. The van der Waals surface area contributed by atoms with Gasteiger partial charge in [-0.05, 0) is 23.6 Å². The van der Waals surface area contributed by atoms with E-state index in [1.807, 2.05) is 24.4 Å². The fourth-order valence-electron chi connectivity index (χ4n) is 2.25. The van der Waals surface area contributed by atoms with Crippen LogP contribution in [-0.4, -0.2) is 4.98 Å². The molecular formula is C18H15N. The summed E-state index contributed by atoms with van der Waals surface area (Å²) in [5, 5.41) is 0. The van der Waals surface area contributed by atoms with Crippen LogP contribution in [0.4, 0.5) is 0 Å². The van der Waals surface area contributed by atoms with E-state index in [1.165, 1.54) is 16.7 Å². The van der Waals surface area contributed by atoms with Crippen molar-refractivity contribution in [2.24, 2.45) is 0 Å². The van der Waals surface area contributed by atoms with E-state index in [-0.39, 0.29) is 0 Å². The van der Waals surface area contributed by atoms with Crippen molar-refractivity contribution in [2.45, 2.75) is 6.42 Å². The number of pyridine rings is 1. The number of aromatic nitrogens is 1. The van der Waals surface area contributed by atoms with Crippen LogP contribution in [0.1, 0.15) is 11.1 Å². The van der Waals surface area contributed by atoms with Crippen molar-refractivity contribution in [3.05, 3.63) is 90.1 Å². The topological polar surface area (TPSA) is 12.9 Å². The Morgan fingerprint density at radius 2 is 1.37 bits per heavy atom. The molecule has 0 saturated heterocycles. The number of benzene rings is 2. The van der Waals surface area contributed by atoms with Gasteiger partial charge in [-0.15, -0.1) is 0 Å². The Kier molecular flexibility index (Phi) is 3.37. The molecule has 0 aliphatic carbocycles. The molecule has 92 valence electrons. The fourth-order valence-corrected chi connectivity index (χ4v) is 2.25. The van der Waals surface area contributed by atoms with E-state index in [4.69, 9.17) is 0 Å². The molecule has 0 unspecified atom stereocenters. The molecular weight excluding hydrogens is 230 g/mol. The molecule has 2 aromatic carbocycles. The lowest BCUT2D eigenvalue weighted by Crippen LogP contribution is -1.94. The van der Waals surface area contributed by atoms with Crippen LogP contribution in [0.15, 0.2) is 79.0 Å². The predicted molar refractivity (Wildman–Crippen MR) is 78.9 cm³/mol. The average Bonchev–Trinajstić information content (AvgIpc) is 2.50. The summed E-state index contributed by atoms with van der Waals surface area (Å²) in [6, 6.07) is 25.0. The molecule has 0 saturated carbocycles. The zero-order chi connectivity index (χ0) is 12.9. The normalized spacial score (nSPS) is 10.3. The zero-order valence-corrected chi connectivity index (χ0v) is 10.7. The van der Waals surface area contributed by atoms with Gasteiger partial charge in [-0.3, -0.25) is 4.98 Å². The Labute approximate surface area is 113 Å². The third kappa shape index (κ3) is 2.71. The van der Waals surface area contributed by atoms with Crippen LogP contribution in [0, 0.1) is 0 Å². The van der Waals surface area contributed by atoms with E-state index in [9.17, 15) is 0 Å². The summed E-state index contributed by atoms with van der Waals surface area (Å²) in [6.45, 7) is 0. The van der Waals surface area contributed by atoms with Crippen molar-refractivity contribution < 1.29 is 0 Å². The summed E-state index contributed by atoms with van der Waals surface area (Å²) in [6.07, 6.45) is 2.77. The zero-order valence-electron chi connectivity index (χ0n) is 10.7. The van der Waals surface area contributed by atoms with Crippen LogP contribution in [0.25, 0.3) is 11.3 Å². The lowest BCUT2D eigenvalue weighted by molar-refractivity contribution is 1.15. The smallest absolute Gasteiger partial charge is 0.0737 e. The first-order valence-corrected chi connectivity index (χ1v) is 6.47. The molecule has 0 spiro atoms. The van der Waals surface area contributed by atoms with Crippen LogP contribution < -0.4 is 0 Å². The molecule has 0 bridgehead atoms. The Balaban J connectivity index is 1.99. The number of rotatable bonds is 3. The Hall–Kier alpha value is -2.41. The van der Waals surface area contributed by atoms with Gasteiger partial charge >= 0.3 is 0 Å². The Morgan fingerprint density at radius 3 is 2.11 bits per heavy atom. The summed E-state index contributed by atoms with van der Waals surface area (Å²) in [5.74, 6) is 0. The molecule has 0 amide bonds.